The topological polar surface area (TPSA) is 104 Å². The zero-order valence-electron chi connectivity index (χ0n) is 9.12. The second-order valence-corrected chi connectivity index (χ2v) is 5.63. The van der Waals surface area contributed by atoms with E-state index in [1.807, 2.05) is 0 Å². The largest absolute Gasteiger partial charge is 0.494 e. The van der Waals surface area contributed by atoms with Crippen molar-refractivity contribution in [2.24, 2.45) is 0 Å². The van der Waals surface area contributed by atoms with E-state index in [-0.39, 0.29) is 18.6 Å². The molecule has 0 radical (unpaired) electrons. The van der Waals surface area contributed by atoms with Crippen LogP contribution in [0.1, 0.15) is 17.3 Å². The molecule has 0 atom stereocenters. The van der Waals surface area contributed by atoms with Gasteiger partial charge in [-0.25, -0.2) is 8.42 Å². The van der Waals surface area contributed by atoms with Gasteiger partial charge in [0.05, 0.1) is 17.6 Å². The van der Waals surface area contributed by atoms with Crippen molar-refractivity contribution in [1.29, 1.82) is 0 Å². The Balaban J connectivity index is 3.67. The van der Waals surface area contributed by atoms with Crippen molar-refractivity contribution in [3.63, 3.8) is 0 Å². The number of carbonyl (C=O) groups excluding carboxylic acids is 1. The van der Waals surface area contributed by atoms with Crippen LogP contribution in [-0.2, 0) is 9.05 Å². The third-order valence-electron chi connectivity index (χ3n) is 1.98. The molecule has 0 aromatic heterocycles. The van der Waals surface area contributed by atoms with Crippen LogP contribution in [-0.4, -0.2) is 26.2 Å². The monoisotopic (exact) mass is 293 g/mol. The van der Waals surface area contributed by atoms with Crippen molar-refractivity contribution < 1.29 is 22.9 Å². The zero-order chi connectivity index (χ0) is 13.9. The third-order valence-corrected chi connectivity index (χ3v) is 3.34. The van der Waals surface area contributed by atoms with Crippen molar-refractivity contribution in [2.75, 3.05) is 6.61 Å². The van der Waals surface area contributed by atoms with E-state index in [1.165, 1.54) is 0 Å². The Kier molecular flexibility index (Phi) is 4.25. The number of carbonyl (C=O) groups is 1. The molecule has 0 saturated heterocycles. The molecule has 0 aliphatic heterocycles. The number of benzene rings is 1. The first-order valence-corrected chi connectivity index (χ1v) is 6.97. The number of hydrogen-bond acceptors (Lipinski definition) is 6. The summed E-state index contributed by atoms with van der Waals surface area (Å²) in [4.78, 5) is 20.1. The van der Waals surface area contributed by atoms with Gasteiger partial charge in [-0.2, -0.15) is 0 Å². The van der Waals surface area contributed by atoms with E-state index in [9.17, 15) is 23.3 Å². The van der Waals surface area contributed by atoms with Crippen molar-refractivity contribution in [1.82, 2.24) is 0 Å². The molecule has 0 spiro atoms. The van der Waals surface area contributed by atoms with Gasteiger partial charge in [-0.1, -0.05) is 0 Å². The number of nitro benzene ring substituents is 1. The molecule has 0 aliphatic rings. The Bertz CT molecular complexity index is 597. The lowest BCUT2D eigenvalue weighted by atomic mass is 10.2. The molecule has 0 bridgehead atoms. The summed E-state index contributed by atoms with van der Waals surface area (Å²) in [6.07, 6.45) is 0.0725. The van der Waals surface area contributed by atoms with Crippen LogP contribution in [0, 0.1) is 10.1 Å². The van der Waals surface area contributed by atoms with Crippen molar-refractivity contribution >= 4 is 31.7 Å². The average molecular weight is 294 g/mol. The van der Waals surface area contributed by atoms with E-state index in [2.05, 4.69) is 0 Å². The van der Waals surface area contributed by atoms with Gasteiger partial charge in [0.15, 0.2) is 6.29 Å². The highest BCUT2D eigenvalue weighted by molar-refractivity contribution is 8.13. The smallest absolute Gasteiger partial charge is 0.284 e. The Morgan fingerprint density at radius 3 is 2.50 bits per heavy atom. The molecule has 0 aliphatic carbocycles. The predicted octanol–water partition coefficient (Wildman–Crippen LogP) is 1.73. The highest BCUT2D eigenvalue weighted by Crippen LogP contribution is 2.32. The summed E-state index contributed by atoms with van der Waals surface area (Å²) in [5.74, 6) is -0.0472. The first kappa shape index (κ1) is 14.4. The van der Waals surface area contributed by atoms with Gasteiger partial charge in [0, 0.05) is 16.7 Å². The Morgan fingerprint density at radius 2 is 2.11 bits per heavy atom. The minimum Gasteiger partial charge on any atom is -0.494 e. The minimum atomic E-state index is -4.29. The second-order valence-electron chi connectivity index (χ2n) is 3.10. The third kappa shape index (κ3) is 2.96. The van der Waals surface area contributed by atoms with Gasteiger partial charge in [0.2, 0.25) is 0 Å². The van der Waals surface area contributed by atoms with E-state index < -0.39 is 30.1 Å². The highest BCUT2D eigenvalue weighted by atomic mass is 35.7. The van der Waals surface area contributed by atoms with Crippen LogP contribution in [0.2, 0.25) is 0 Å². The maximum Gasteiger partial charge on any atom is 0.284 e. The standard InChI is InChI=1S/C9H8ClNO6S/c1-2-17-6-3-8(11(13)14)7(5-12)9(4-6)18(10,15)16/h3-5H,2H2,1H3. The van der Waals surface area contributed by atoms with Gasteiger partial charge < -0.3 is 4.74 Å². The predicted molar refractivity (Wildman–Crippen MR) is 62.7 cm³/mol. The molecular formula is C9H8ClNO6S. The van der Waals surface area contributed by atoms with Gasteiger partial charge in [-0.15, -0.1) is 0 Å². The Labute approximate surface area is 107 Å². The highest BCUT2D eigenvalue weighted by Gasteiger charge is 2.26. The molecule has 0 fully saturated rings. The molecule has 0 heterocycles. The van der Waals surface area contributed by atoms with E-state index in [1.54, 1.807) is 6.92 Å². The van der Waals surface area contributed by atoms with E-state index in [0.29, 0.717) is 0 Å². The van der Waals surface area contributed by atoms with Gasteiger partial charge in [0.25, 0.3) is 14.7 Å². The van der Waals surface area contributed by atoms with Gasteiger partial charge >= 0.3 is 0 Å². The van der Waals surface area contributed by atoms with Gasteiger partial charge in [-0.3, -0.25) is 14.9 Å². The van der Waals surface area contributed by atoms with Crippen molar-refractivity contribution in [2.45, 2.75) is 11.8 Å². The van der Waals surface area contributed by atoms with E-state index in [0.717, 1.165) is 12.1 Å². The number of aldehydes is 1. The molecule has 0 N–H and O–H groups in total. The van der Waals surface area contributed by atoms with Crippen molar-refractivity contribution in [3.8, 4) is 5.75 Å². The Morgan fingerprint density at radius 1 is 1.50 bits per heavy atom. The summed E-state index contributed by atoms with van der Waals surface area (Å²) in [6, 6.07) is 1.95. The molecule has 7 nitrogen and oxygen atoms in total. The fraction of sp³-hybridized carbons (Fsp3) is 0.222. The second kappa shape index (κ2) is 5.32. The SMILES string of the molecule is CCOc1cc([N+](=O)[O-])c(C=O)c(S(=O)(=O)Cl)c1. The van der Waals surface area contributed by atoms with Crippen LogP contribution in [0.3, 0.4) is 0 Å². The molecule has 0 saturated carbocycles. The van der Waals surface area contributed by atoms with Crippen LogP contribution < -0.4 is 4.74 Å². The molecule has 0 unspecified atom stereocenters. The van der Waals surface area contributed by atoms with Crippen LogP contribution in [0.15, 0.2) is 17.0 Å². The lowest BCUT2D eigenvalue weighted by molar-refractivity contribution is -0.385. The van der Waals surface area contributed by atoms with Crippen LogP contribution in [0.5, 0.6) is 5.75 Å². The van der Waals surface area contributed by atoms with E-state index >= 15 is 0 Å². The summed E-state index contributed by atoms with van der Waals surface area (Å²) in [5, 5.41) is 10.8. The van der Waals surface area contributed by atoms with E-state index in [4.69, 9.17) is 15.4 Å². The van der Waals surface area contributed by atoms with Crippen LogP contribution in [0.25, 0.3) is 0 Å². The molecule has 18 heavy (non-hydrogen) atoms. The zero-order valence-corrected chi connectivity index (χ0v) is 10.7. The molecule has 1 aromatic carbocycles. The van der Waals surface area contributed by atoms with Crippen molar-refractivity contribution in [3.05, 3.63) is 27.8 Å². The first-order valence-electron chi connectivity index (χ1n) is 4.66. The summed E-state index contributed by atoms with van der Waals surface area (Å²) in [6.45, 7) is 1.80. The molecule has 1 rings (SSSR count). The van der Waals surface area contributed by atoms with Crippen LogP contribution in [0.4, 0.5) is 5.69 Å². The lowest BCUT2D eigenvalue weighted by Gasteiger charge is -2.07. The van der Waals surface area contributed by atoms with Gasteiger partial charge in [-0.05, 0) is 6.92 Å². The Hall–Kier alpha value is -1.67. The van der Waals surface area contributed by atoms with Crippen LogP contribution >= 0.6 is 10.7 Å². The number of halogens is 1. The van der Waals surface area contributed by atoms with Gasteiger partial charge in [0.1, 0.15) is 16.2 Å². The maximum absolute atomic E-state index is 11.3. The molecule has 0 amide bonds. The number of ether oxygens (including phenoxy) is 1. The lowest BCUT2D eigenvalue weighted by Crippen LogP contribution is -2.04. The molecule has 9 heteroatoms. The summed E-state index contributed by atoms with van der Waals surface area (Å²) < 4.78 is 27.5. The number of hydrogen-bond donors (Lipinski definition) is 0. The number of rotatable bonds is 5. The molecular weight excluding hydrogens is 286 g/mol. The fourth-order valence-corrected chi connectivity index (χ4v) is 2.36. The minimum absolute atomic E-state index is 0.0472. The summed E-state index contributed by atoms with van der Waals surface area (Å²) in [5.41, 5.74) is -1.27. The number of nitrogens with zero attached hydrogens (tertiary/aromatic N) is 1. The summed E-state index contributed by atoms with van der Waals surface area (Å²) in [7, 11) is 0.841. The molecule has 98 valence electrons. The quantitative estimate of drug-likeness (QED) is 0.354. The average Bonchev–Trinajstić information content (AvgIpc) is 2.27. The molecule has 1 aromatic rings. The maximum atomic E-state index is 11.3. The summed E-state index contributed by atoms with van der Waals surface area (Å²) >= 11 is 0. The first-order chi connectivity index (χ1) is 8.31. The number of nitro groups is 1. The normalized spacial score (nSPS) is 11.0. The fourth-order valence-electron chi connectivity index (χ4n) is 1.31.